The second kappa shape index (κ2) is 13.0. The zero-order valence-corrected chi connectivity index (χ0v) is 11.7. The average molecular weight is 228 g/mol. The van der Waals surface area contributed by atoms with Crippen molar-refractivity contribution in [3.05, 3.63) is 0 Å². The monoisotopic (exact) mass is 228 g/mol. The third kappa shape index (κ3) is 12.0. The molecule has 0 aliphatic heterocycles. The van der Waals surface area contributed by atoms with Gasteiger partial charge in [-0.25, -0.2) is 0 Å². The summed E-state index contributed by atoms with van der Waals surface area (Å²) in [6, 6.07) is 0. The zero-order chi connectivity index (χ0) is 12.1. The van der Waals surface area contributed by atoms with Crippen molar-refractivity contribution in [1.82, 2.24) is 10.2 Å². The summed E-state index contributed by atoms with van der Waals surface area (Å²) in [4.78, 5) is 2.46. The van der Waals surface area contributed by atoms with Gasteiger partial charge in [-0.2, -0.15) is 0 Å². The number of hydrogen-bond donors (Lipinski definition) is 1. The van der Waals surface area contributed by atoms with Crippen molar-refractivity contribution in [2.45, 2.75) is 58.3 Å². The van der Waals surface area contributed by atoms with Crippen LogP contribution in [-0.2, 0) is 0 Å². The number of rotatable bonds is 12. The van der Waals surface area contributed by atoms with Crippen LogP contribution in [0, 0.1) is 0 Å². The summed E-state index contributed by atoms with van der Waals surface area (Å²) in [6.45, 7) is 5.93. The van der Waals surface area contributed by atoms with Gasteiger partial charge in [-0.15, -0.1) is 0 Å². The maximum Gasteiger partial charge on any atom is -0.000969 e. The Labute approximate surface area is 103 Å². The van der Waals surface area contributed by atoms with Crippen LogP contribution in [0.3, 0.4) is 0 Å². The maximum atomic E-state index is 3.19. The molecule has 0 atom stereocenters. The van der Waals surface area contributed by atoms with Gasteiger partial charge in [-0.3, -0.25) is 0 Å². The van der Waals surface area contributed by atoms with Crippen molar-refractivity contribution in [1.29, 1.82) is 0 Å². The molecule has 0 aliphatic rings. The normalized spacial score (nSPS) is 11.2. The summed E-state index contributed by atoms with van der Waals surface area (Å²) < 4.78 is 0. The molecule has 0 unspecified atom stereocenters. The van der Waals surface area contributed by atoms with Crippen LogP contribution in [0.25, 0.3) is 0 Å². The van der Waals surface area contributed by atoms with Crippen LogP contribution in [-0.4, -0.2) is 38.6 Å². The van der Waals surface area contributed by atoms with Crippen molar-refractivity contribution in [3.8, 4) is 0 Å². The summed E-state index contributed by atoms with van der Waals surface area (Å²) in [5.41, 5.74) is 0. The van der Waals surface area contributed by atoms with E-state index >= 15 is 0 Å². The third-order valence-electron chi connectivity index (χ3n) is 3.11. The Morgan fingerprint density at radius 1 is 0.812 bits per heavy atom. The molecule has 0 fully saturated rings. The molecule has 16 heavy (non-hydrogen) atoms. The smallest absolute Gasteiger partial charge is 0.000969 e. The summed E-state index contributed by atoms with van der Waals surface area (Å²) in [7, 11) is 4.27. The van der Waals surface area contributed by atoms with Gasteiger partial charge in [-0.1, -0.05) is 45.4 Å². The number of nitrogens with zero attached hydrogens (tertiary/aromatic N) is 1. The topological polar surface area (TPSA) is 15.3 Å². The van der Waals surface area contributed by atoms with Crippen molar-refractivity contribution in [3.63, 3.8) is 0 Å². The van der Waals surface area contributed by atoms with Gasteiger partial charge in [0.15, 0.2) is 0 Å². The predicted molar refractivity (Wildman–Crippen MR) is 74.0 cm³/mol. The van der Waals surface area contributed by atoms with Crippen LogP contribution in [0.15, 0.2) is 0 Å². The molecule has 98 valence electrons. The molecule has 1 N–H and O–H groups in total. The highest BCUT2D eigenvalue weighted by Crippen LogP contribution is 2.07. The first-order valence-electron chi connectivity index (χ1n) is 7.14. The van der Waals surface area contributed by atoms with E-state index in [-0.39, 0.29) is 0 Å². The van der Waals surface area contributed by atoms with Gasteiger partial charge in [-0.05, 0) is 46.6 Å². The Hall–Kier alpha value is -0.0800. The first-order valence-corrected chi connectivity index (χ1v) is 7.14. The highest BCUT2D eigenvalue weighted by atomic mass is 15.1. The fourth-order valence-electron chi connectivity index (χ4n) is 1.98. The van der Waals surface area contributed by atoms with E-state index in [0.717, 1.165) is 6.54 Å². The molecule has 0 saturated carbocycles. The number of nitrogens with one attached hydrogen (secondary N) is 1. The lowest BCUT2D eigenvalue weighted by Gasteiger charge is -2.16. The van der Waals surface area contributed by atoms with Gasteiger partial charge >= 0.3 is 0 Å². The van der Waals surface area contributed by atoms with Crippen molar-refractivity contribution in [2.75, 3.05) is 33.7 Å². The second-order valence-corrected chi connectivity index (χ2v) is 4.88. The summed E-state index contributed by atoms with van der Waals surface area (Å²) in [5.74, 6) is 0. The van der Waals surface area contributed by atoms with Gasteiger partial charge in [0, 0.05) is 0 Å². The Bertz CT molecular complexity index is 126. The molecule has 2 nitrogen and oxygen atoms in total. The van der Waals surface area contributed by atoms with Crippen molar-refractivity contribution < 1.29 is 0 Å². The molecular weight excluding hydrogens is 196 g/mol. The van der Waals surface area contributed by atoms with Gasteiger partial charge in [0.1, 0.15) is 0 Å². The fraction of sp³-hybridized carbons (Fsp3) is 1.00. The SMILES string of the molecule is CCCCCCCCCN(C)CCCNC. The van der Waals surface area contributed by atoms with E-state index in [9.17, 15) is 0 Å². The molecular formula is C14H32N2. The molecule has 0 aromatic heterocycles. The molecule has 0 heterocycles. The summed E-state index contributed by atoms with van der Waals surface area (Å²) >= 11 is 0. The molecule has 0 radical (unpaired) electrons. The van der Waals surface area contributed by atoms with Gasteiger partial charge < -0.3 is 10.2 Å². The van der Waals surface area contributed by atoms with Crippen LogP contribution in [0.5, 0.6) is 0 Å². The molecule has 0 spiro atoms. The first-order chi connectivity index (χ1) is 7.81. The van der Waals surface area contributed by atoms with Gasteiger partial charge in [0.05, 0.1) is 0 Å². The van der Waals surface area contributed by atoms with Crippen LogP contribution < -0.4 is 5.32 Å². The van der Waals surface area contributed by atoms with E-state index in [1.807, 2.05) is 7.05 Å². The maximum absolute atomic E-state index is 3.19. The van der Waals surface area contributed by atoms with E-state index in [0.29, 0.717) is 0 Å². The lowest BCUT2D eigenvalue weighted by molar-refractivity contribution is 0.318. The molecule has 0 aromatic rings. The minimum atomic E-state index is 1.14. The van der Waals surface area contributed by atoms with E-state index < -0.39 is 0 Å². The minimum absolute atomic E-state index is 1.14. The quantitative estimate of drug-likeness (QED) is 0.516. The lowest BCUT2D eigenvalue weighted by Crippen LogP contribution is -2.23. The predicted octanol–water partition coefficient (Wildman–Crippen LogP) is 3.28. The first kappa shape index (κ1) is 15.9. The Balaban J connectivity index is 3.06. The number of unbranched alkanes of at least 4 members (excludes halogenated alkanes) is 6. The average Bonchev–Trinajstić information content (AvgIpc) is 2.28. The largest absolute Gasteiger partial charge is 0.320 e. The molecule has 0 aromatic carbocycles. The molecule has 0 aliphatic carbocycles. The molecule has 0 amide bonds. The van der Waals surface area contributed by atoms with Crippen LogP contribution in [0.4, 0.5) is 0 Å². The Morgan fingerprint density at radius 2 is 1.38 bits per heavy atom. The molecule has 0 rings (SSSR count). The van der Waals surface area contributed by atoms with E-state index in [1.54, 1.807) is 0 Å². The highest BCUT2D eigenvalue weighted by molar-refractivity contribution is 4.54. The van der Waals surface area contributed by atoms with E-state index in [4.69, 9.17) is 0 Å². The molecule has 0 saturated heterocycles. The summed E-state index contributed by atoms with van der Waals surface area (Å²) in [5, 5.41) is 3.19. The molecule has 0 bridgehead atoms. The Kier molecular flexibility index (Phi) is 12.9. The van der Waals surface area contributed by atoms with E-state index in [2.05, 4.69) is 24.2 Å². The Morgan fingerprint density at radius 3 is 2.00 bits per heavy atom. The van der Waals surface area contributed by atoms with Crippen LogP contribution in [0.1, 0.15) is 58.3 Å². The fourth-order valence-corrected chi connectivity index (χ4v) is 1.98. The third-order valence-corrected chi connectivity index (χ3v) is 3.11. The van der Waals surface area contributed by atoms with Gasteiger partial charge in [0.2, 0.25) is 0 Å². The van der Waals surface area contributed by atoms with Gasteiger partial charge in [0.25, 0.3) is 0 Å². The molecule has 2 heteroatoms. The van der Waals surface area contributed by atoms with Crippen LogP contribution >= 0.6 is 0 Å². The van der Waals surface area contributed by atoms with Crippen molar-refractivity contribution in [2.24, 2.45) is 0 Å². The zero-order valence-electron chi connectivity index (χ0n) is 11.7. The highest BCUT2D eigenvalue weighted by Gasteiger charge is 1.97. The number of hydrogen-bond acceptors (Lipinski definition) is 2. The lowest BCUT2D eigenvalue weighted by atomic mass is 10.1. The van der Waals surface area contributed by atoms with Crippen LogP contribution in [0.2, 0.25) is 0 Å². The van der Waals surface area contributed by atoms with E-state index in [1.165, 1.54) is 64.5 Å². The second-order valence-electron chi connectivity index (χ2n) is 4.88. The standard InChI is InChI=1S/C14H32N2/c1-4-5-6-7-8-9-10-13-16(3)14-11-12-15-2/h15H,4-14H2,1-3H3. The summed E-state index contributed by atoms with van der Waals surface area (Å²) in [6.07, 6.45) is 11.2. The minimum Gasteiger partial charge on any atom is -0.320 e. The van der Waals surface area contributed by atoms with Crippen molar-refractivity contribution >= 4 is 0 Å².